The van der Waals surface area contributed by atoms with Gasteiger partial charge in [0.25, 0.3) is 0 Å². The third kappa shape index (κ3) is 48.5. The molecule has 2 atom stereocenters. The van der Waals surface area contributed by atoms with E-state index in [0.29, 0.717) is 12.8 Å². The van der Waals surface area contributed by atoms with Crippen molar-refractivity contribution in [1.82, 2.24) is 0 Å². The van der Waals surface area contributed by atoms with Gasteiger partial charge >= 0.3 is 19.8 Å². The Labute approximate surface area is 385 Å². The van der Waals surface area contributed by atoms with Crippen LogP contribution in [-0.2, 0) is 32.7 Å². The minimum Gasteiger partial charge on any atom is -0.462 e. The Morgan fingerprint density at radius 2 is 0.873 bits per heavy atom. The lowest BCUT2D eigenvalue weighted by Crippen LogP contribution is -2.29. The van der Waals surface area contributed by atoms with Crippen LogP contribution in [0.2, 0.25) is 0 Å². The fraction of sp³-hybridized carbons (Fsp3) is 0.698. The summed E-state index contributed by atoms with van der Waals surface area (Å²) < 4.78 is 32.7. The molecule has 10 heteroatoms. The smallest absolute Gasteiger partial charge is 0.462 e. The van der Waals surface area contributed by atoms with Crippen molar-refractivity contribution in [3.63, 3.8) is 0 Å². The monoisotopic (exact) mass is 902 g/mol. The van der Waals surface area contributed by atoms with Gasteiger partial charge in [0.1, 0.15) is 6.61 Å². The van der Waals surface area contributed by atoms with Gasteiger partial charge < -0.3 is 20.1 Å². The van der Waals surface area contributed by atoms with Crippen LogP contribution in [0.15, 0.2) is 85.1 Å². The molecule has 1 unspecified atom stereocenters. The largest absolute Gasteiger partial charge is 0.472 e. The second kappa shape index (κ2) is 48.6. The summed E-state index contributed by atoms with van der Waals surface area (Å²) in [5, 5.41) is 0. The normalized spacial score (nSPS) is 13.9. The standard InChI is InChI=1S/C53H92NO8P/c1-3-5-7-9-11-13-15-17-19-21-23-24-25-26-28-30-32-34-36-38-40-42-44-46-53(56)62-51(50-61-63(57,58)60-48-47-54)49-59-52(55)45-43-41-39-37-35-33-31-29-27-22-20-18-16-14-12-10-8-6-4-2/h12,14,18,20,27,29-30,32-33,35,38-41,51H,3-11,13,15-17,19,21-26,28,31,34,36-37,42-50,54H2,1-2H3,(H,57,58)/b14-12+,20-18+,29-27+,32-30+,35-33+,40-38+,41-39+/t51-/m1/s1. The van der Waals surface area contributed by atoms with E-state index in [1.165, 1.54) is 116 Å². The van der Waals surface area contributed by atoms with Gasteiger partial charge in [-0.05, 0) is 83.5 Å². The summed E-state index contributed by atoms with van der Waals surface area (Å²) in [7, 11) is -4.41. The second-order valence-electron chi connectivity index (χ2n) is 16.3. The molecule has 0 saturated heterocycles. The molecule has 9 nitrogen and oxygen atoms in total. The van der Waals surface area contributed by atoms with Crippen molar-refractivity contribution in [2.45, 2.75) is 213 Å². The zero-order chi connectivity index (χ0) is 46.0. The van der Waals surface area contributed by atoms with E-state index < -0.39 is 32.5 Å². The lowest BCUT2D eigenvalue weighted by Gasteiger charge is -2.19. The number of rotatable bonds is 46. The fourth-order valence-electron chi connectivity index (χ4n) is 6.52. The summed E-state index contributed by atoms with van der Waals surface area (Å²) in [6, 6.07) is 0. The first-order valence-electron chi connectivity index (χ1n) is 25.1. The van der Waals surface area contributed by atoms with Gasteiger partial charge in [-0.15, -0.1) is 0 Å². The van der Waals surface area contributed by atoms with Crippen LogP contribution in [0.4, 0.5) is 0 Å². The van der Waals surface area contributed by atoms with Gasteiger partial charge in [0.2, 0.25) is 0 Å². The molecule has 0 saturated carbocycles. The zero-order valence-corrected chi connectivity index (χ0v) is 40.9. The highest BCUT2D eigenvalue weighted by molar-refractivity contribution is 7.47. The molecule has 0 amide bonds. The van der Waals surface area contributed by atoms with Crippen molar-refractivity contribution >= 4 is 19.8 Å². The van der Waals surface area contributed by atoms with Gasteiger partial charge in [0, 0.05) is 19.4 Å². The maximum Gasteiger partial charge on any atom is 0.472 e. The lowest BCUT2D eigenvalue weighted by atomic mass is 10.0. The van der Waals surface area contributed by atoms with Gasteiger partial charge in [-0.2, -0.15) is 0 Å². The number of allylic oxidation sites excluding steroid dienone is 14. The SMILES string of the molecule is CCCCC/C=C/C/C=C/C/C=C/C/C=C/C/C=C/CCC(=O)OC[C@H](COP(=O)(O)OCCN)OC(=O)CCC/C=C/CC/C=C/CCCCCCCCCCCCCCCC. The topological polar surface area (TPSA) is 134 Å². The molecule has 63 heavy (non-hydrogen) atoms. The van der Waals surface area contributed by atoms with E-state index in [0.717, 1.165) is 51.4 Å². The summed E-state index contributed by atoms with van der Waals surface area (Å²) >= 11 is 0. The highest BCUT2D eigenvalue weighted by atomic mass is 31.2. The van der Waals surface area contributed by atoms with Crippen molar-refractivity contribution in [3.8, 4) is 0 Å². The summed E-state index contributed by atoms with van der Waals surface area (Å²) in [6.45, 7) is 3.58. The summed E-state index contributed by atoms with van der Waals surface area (Å²) in [5.74, 6) is -0.977. The van der Waals surface area contributed by atoms with Crippen LogP contribution >= 0.6 is 7.82 Å². The van der Waals surface area contributed by atoms with Crippen LogP contribution in [0.3, 0.4) is 0 Å². The van der Waals surface area contributed by atoms with E-state index in [-0.39, 0.29) is 32.6 Å². The molecule has 0 aliphatic heterocycles. The molecule has 0 heterocycles. The molecule has 0 aromatic carbocycles. The lowest BCUT2D eigenvalue weighted by molar-refractivity contribution is -0.161. The molecule has 362 valence electrons. The number of ether oxygens (including phenoxy) is 2. The van der Waals surface area contributed by atoms with Gasteiger partial charge in [-0.3, -0.25) is 18.6 Å². The van der Waals surface area contributed by atoms with Crippen LogP contribution < -0.4 is 5.73 Å². The first-order valence-corrected chi connectivity index (χ1v) is 26.6. The summed E-state index contributed by atoms with van der Waals surface area (Å²) in [4.78, 5) is 34.9. The predicted molar refractivity (Wildman–Crippen MR) is 265 cm³/mol. The van der Waals surface area contributed by atoms with Crippen molar-refractivity contribution < 1.29 is 37.6 Å². The number of nitrogens with two attached hydrogens (primary N) is 1. The molecule has 0 aliphatic carbocycles. The Bertz CT molecular complexity index is 1300. The number of hydrogen-bond donors (Lipinski definition) is 2. The summed E-state index contributed by atoms with van der Waals surface area (Å²) in [6.07, 6.45) is 62.2. The number of esters is 2. The highest BCUT2D eigenvalue weighted by Gasteiger charge is 2.25. The number of phosphoric acid groups is 1. The minimum atomic E-state index is -4.41. The Kier molecular flexibility index (Phi) is 46.5. The minimum absolute atomic E-state index is 0.0344. The van der Waals surface area contributed by atoms with Crippen molar-refractivity contribution in [2.24, 2.45) is 5.73 Å². The molecule has 0 aliphatic rings. The molecular weight excluding hydrogens is 810 g/mol. The van der Waals surface area contributed by atoms with Crippen LogP contribution in [0.5, 0.6) is 0 Å². The van der Waals surface area contributed by atoms with E-state index in [4.69, 9.17) is 24.3 Å². The average molecular weight is 902 g/mol. The van der Waals surface area contributed by atoms with Crippen LogP contribution in [0.1, 0.15) is 206 Å². The number of phosphoric ester groups is 1. The van der Waals surface area contributed by atoms with Gasteiger partial charge in [-0.25, -0.2) is 4.57 Å². The Hall–Kier alpha value is -2.81. The van der Waals surface area contributed by atoms with Crippen LogP contribution in [-0.4, -0.2) is 49.3 Å². The highest BCUT2D eigenvalue weighted by Crippen LogP contribution is 2.43. The molecular formula is C53H92NO8P. The molecule has 0 aromatic heterocycles. The fourth-order valence-corrected chi connectivity index (χ4v) is 7.28. The first kappa shape index (κ1) is 60.2. The number of carbonyl (C=O) groups is 2. The van der Waals surface area contributed by atoms with E-state index in [9.17, 15) is 19.0 Å². The third-order valence-electron chi connectivity index (χ3n) is 10.2. The number of hydrogen-bond acceptors (Lipinski definition) is 8. The molecule has 0 bridgehead atoms. The molecule has 3 N–H and O–H groups in total. The molecule has 0 spiro atoms. The quantitative estimate of drug-likeness (QED) is 0.0265. The number of carbonyl (C=O) groups excluding carboxylic acids is 2. The summed E-state index contributed by atoms with van der Waals surface area (Å²) in [5.41, 5.74) is 5.35. The molecule has 0 radical (unpaired) electrons. The molecule has 0 fully saturated rings. The Morgan fingerprint density at radius 3 is 1.38 bits per heavy atom. The van der Waals surface area contributed by atoms with Gasteiger partial charge in [-0.1, -0.05) is 195 Å². The van der Waals surface area contributed by atoms with Crippen LogP contribution in [0, 0.1) is 0 Å². The average Bonchev–Trinajstić information content (AvgIpc) is 3.27. The van der Waals surface area contributed by atoms with Crippen molar-refractivity contribution in [2.75, 3.05) is 26.4 Å². The predicted octanol–water partition coefficient (Wildman–Crippen LogP) is 15.2. The second-order valence-corrected chi connectivity index (χ2v) is 17.8. The zero-order valence-electron chi connectivity index (χ0n) is 40.0. The Balaban J connectivity index is 4.23. The maximum atomic E-state index is 12.6. The van der Waals surface area contributed by atoms with E-state index in [1.807, 2.05) is 12.2 Å². The first-order chi connectivity index (χ1) is 30.8. The van der Waals surface area contributed by atoms with Gasteiger partial charge in [0.15, 0.2) is 6.10 Å². The van der Waals surface area contributed by atoms with Gasteiger partial charge in [0.05, 0.1) is 13.2 Å². The van der Waals surface area contributed by atoms with Crippen molar-refractivity contribution in [3.05, 3.63) is 85.1 Å². The Morgan fingerprint density at radius 1 is 0.476 bits per heavy atom. The van der Waals surface area contributed by atoms with E-state index in [1.54, 1.807) is 0 Å². The molecule has 0 aromatic rings. The third-order valence-corrected chi connectivity index (χ3v) is 11.2. The van der Waals surface area contributed by atoms with E-state index >= 15 is 0 Å². The maximum absolute atomic E-state index is 12.6. The van der Waals surface area contributed by atoms with E-state index in [2.05, 4.69) is 86.8 Å². The number of unbranched alkanes of at least 4 members (excludes halogenated alkanes) is 19. The molecule has 0 rings (SSSR count). The van der Waals surface area contributed by atoms with Crippen LogP contribution in [0.25, 0.3) is 0 Å². The van der Waals surface area contributed by atoms with Crippen molar-refractivity contribution in [1.29, 1.82) is 0 Å².